The molecule has 2 N–H and O–H groups in total. The first-order chi connectivity index (χ1) is 8.40. The summed E-state index contributed by atoms with van der Waals surface area (Å²) in [6.07, 6.45) is 0. The number of halogens is 1. The van der Waals surface area contributed by atoms with E-state index in [2.05, 4.69) is 0 Å². The summed E-state index contributed by atoms with van der Waals surface area (Å²) >= 11 is 1.38. The Balaban J connectivity index is 2.56. The van der Waals surface area contributed by atoms with Crippen molar-refractivity contribution in [1.29, 1.82) is 0 Å². The average Bonchev–Trinajstić information content (AvgIpc) is 2.62. The van der Waals surface area contributed by atoms with Gasteiger partial charge >= 0.3 is 0 Å². The van der Waals surface area contributed by atoms with Gasteiger partial charge in [-0.05, 0) is 50.1 Å². The number of aryl methyl sites for hydroxylation is 3. The molecule has 0 aliphatic carbocycles. The van der Waals surface area contributed by atoms with Gasteiger partial charge in [-0.25, -0.2) is 4.39 Å². The number of benzene rings is 1. The van der Waals surface area contributed by atoms with Crippen molar-refractivity contribution in [1.82, 2.24) is 0 Å². The van der Waals surface area contributed by atoms with Gasteiger partial charge in [0.05, 0.1) is 10.4 Å². The van der Waals surface area contributed by atoms with Crippen LogP contribution in [-0.4, -0.2) is 5.78 Å². The second kappa shape index (κ2) is 4.53. The molecule has 0 bridgehead atoms. The topological polar surface area (TPSA) is 43.1 Å². The highest BCUT2D eigenvalue weighted by atomic mass is 32.1. The molecule has 94 valence electrons. The third kappa shape index (κ3) is 2.16. The molecule has 1 aromatic heterocycles. The van der Waals surface area contributed by atoms with E-state index in [9.17, 15) is 9.18 Å². The summed E-state index contributed by atoms with van der Waals surface area (Å²) in [5.41, 5.74) is 7.40. The molecular formula is C14H14FNOS. The number of rotatable bonds is 2. The Labute approximate surface area is 109 Å². The molecule has 0 amide bonds. The van der Waals surface area contributed by atoms with Gasteiger partial charge in [0.1, 0.15) is 5.82 Å². The van der Waals surface area contributed by atoms with Crippen molar-refractivity contribution in [2.45, 2.75) is 20.8 Å². The van der Waals surface area contributed by atoms with Crippen LogP contribution in [0, 0.1) is 26.6 Å². The molecule has 0 unspecified atom stereocenters. The summed E-state index contributed by atoms with van der Waals surface area (Å²) < 4.78 is 14.0. The second-order valence-corrected chi connectivity index (χ2v) is 5.65. The van der Waals surface area contributed by atoms with Crippen LogP contribution in [0.2, 0.25) is 0 Å². The van der Waals surface area contributed by atoms with Crippen molar-refractivity contribution in [3.05, 3.63) is 50.5 Å². The van der Waals surface area contributed by atoms with Gasteiger partial charge in [0.2, 0.25) is 5.78 Å². The number of carbonyl (C=O) groups is 1. The van der Waals surface area contributed by atoms with E-state index in [1.165, 1.54) is 23.5 Å². The van der Waals surface area contributed by atoms with Crippen LogP contribution in [0.4, 0.5) is 10.1 Å². The molecule has 2 rings (SSSR count). The molecule has 0 saturated carbocycles. The Hall–Kier alpha value is -1.68. The lowest BCUT2D eigenvalue weighted by Gasteiger charge is -2.06. The zero-order chi connectivity index (χ0) is 13.4. The van der Waals surface area contributed by atoms with Gasteiger partial charge in [-0.2, -0.15) is 0 Å². The fourth-order valence-electron chi connectivity index (χ4n) is 1.95. The van der Waals surface area contributed by atoms with Crippen molar-refractivity contribution >= 4 is 22.8 Å². The minimum Gasteiger partial charge on any atom is -0.399 e. The first-order valence-electron chi connectivity index (χ1n) is 5.57. The molecule has 2 nitrogen and oxygen atoms in total. The summed E-state index contributed by atoms with van der Waals surface area (Å²) in [7, 11) is 0. The number of ketones is 1. The molecule has 0 fully saturated rings. The summed E-state index contributed by atoms with van der Waals surface area (Å²) in [5, 5.41) is 0. The molecule has 2 aromatic rings. The third-order valence-electron chi connectivity index (χ3n) is 2.77. The standard InChI is InChI=1S/C14H14FNOS/c1-7-5-10(16)6-11(12(7)15)13(17)14-8(2)4-9(3)18-14/h4-6H,16H2,1-3H3. The zero-order valence-corrected chi connectivity index (χ0v) is 11.3. The highest BCUT2D eigenvalue weighted by Gasteiger charge is 2.19. The Morgan fingerprint density at radius 1 is 1.17 bits per heavy atom. The molecule has 1 heterocycles. The lowest BCUT2D eigenvalue weighted by atomic mass is 10.0. The first kappa shape index (κ1) is 12.8. The maximum absolute atomic E-state index is 14.0. The van der Waals surface area contributed by atoms with E-state index in [1.54, 1.807) is 6.92 Å². The number of carbonyl (C=O) groups excluding carboxylic acids is 1. The van der Waals surface area contributed by atoms with E-state index in [4.69, 9.17) is 5.73 Å². The second-order valence-electron chi connectivity index (χ2n) is 4.40. The van der Waals surface area contributed by atoms with Gasteiger partial charge < -0.3 is 5.73 Å². The minimum absolute atomic E-state index is 0.0532. The average molecular weight is 263 g/mol. The largest absolute Gasteiger partial charge is 0.399 e. The van der Waals surface area contributed by atoms with E-state index in [1.807, 2.05) is 19.9 Å². The van der Waals surface area contributed by atoms with E-state index in [0.717, 1.165) is 10.4 Å². The van der Waals surface area contributed by atoms with Crippen molar-refractivity contribution in [3.63, 3.8) is 0 Å². The van der Waals surface area contributed by atoms with Crippen LogP contribution in [0.5, 0.6) is 0 Å². The van der Waals surface area contributed by atoms with E-state index < -0.39 is 5.82 Å². The Morgan fingerprint density at radius 3 is 2.39 bits per heavy atom. The van der Waals surface area contributed by atoms with E-state index >= 15 is 0 Å². The van der Waals surface area contributed by atoms with Crippen LogP contribution in [0.3, 0.4) is 0 Å². The first-order valence-corrected chi connectivity index (χ1v) is 6.39. The Kier molecular flexibility index (Phi) is 3.22. The molecule has 0 aliphatic heterocycles. The number of nitrogen functional groups attached to an aromatic ring is 1. The highest BCUT2D eigenvalue weighted by Crippen LogP contribution is 2.27. The minimum atomic E-state index is -0.486. The molecule has 0 saturated heterocycles. The van der Waals surface area contributed by atoms with E-state index in [-0.39, 0.29) is 11.3 Å². The number of hydrogen-bond donors (Lipinski definition) is 1. The smallest absolute Gasteiger partial charge is 0.206 e. The Bertz CT molecular complexity index is 631. The van der Waals surface area contributed by atoms with Gasteiger partial charge in [0, 0.05) is 10.6 Å². The third-order valence-corrected chi connectivity index (χ3v) is 3.92. The molecular weight excluding hydrogens is 249 g/mol. The Morgan fingerprint density at radius 2 is 1.83 bits per heavy atom. The zero-order valence-electron chi connectivity index (χ0n) is 10.5. The quantitative estimate of drug-likeness (QED) is 0.664. The summed E-state index contributed by atoms with van der Waals surface area (Å²) in [6, 6.07) is 4.85. The molecule has 0 spiro atoms. The van der Waals surface area contributed by atoms with Crippen molar-refractivity contribution in [2.24, 2.45) is 0 Å². The van der Waals surface area contributed by atoms with Crippen LogP contribution in [0.25, 0.3) is 0 Å². The maximum Gasteiger partial charge on any atom is 0.206 e. The number of thiophene rings is 1. The molecule has 0 radical (unpaired) electrons. The van der Waals surface area contributed by atoms with Crippen LogP contribution >= 0.6 is 11.3 Å². The van der Waals surface area contributed by atoms with Gasteiger partial charge in [-0.15, -0.1) is 11.3 Å². The predicted octanol–water partition coefficient (Wildman–Crippen LogP) is 3.63. The van der Waals surface area contributed by atoms with Gasteiger partial charge in [-0.3, -0.25) is 4.79 Å². The van der Waals surface area contributed by atoms with Crippen LogP contribution in [0.1, 0.15) is 31.2 Å². The lowest BCUT2D eigenvalue weighted by molar-refractivity contribution is 0.103. The summed E-state index contributed by atoms with van der Waals surface area (Å²) in [4.78, 5) is 13.9. The summed E-state index contributed by atoms with van der Waals surface area (Å²) in [6.45, 7) is 5.39. The fraction of sp³-hybridized carbons (Fsp3) is 0.214. The van der Waals surface area contributed by atoms with Gasteiger partial charge in [-0.1, -0.05) is 0 Å². The van der Waals surface area contributed by atoms with Crippen molar-refractivity contribution in [2.75, 3.05) is 5.73 Å². The number of nitrogens with two attached hydrogens (primary N) is 1. The molecule has 0 aliphatic rings. The SMILES string of the molecule is Cc1cc(C)c(C(=O)c2cc(N)cc(C)c2F)s1. The van der Waals surface area contributed by atoms with Crippen molar-refractivity contribution in [3.8, 4) is 0 Å². The molecule has 18 heavy (non-hydrogen) atoms. The molecule has 0 atom stereocenters. The lowest BCUT2D eigenvalue weighted by Crippen LogP contribution is -2.06. The normalized spacial score (nSPS) is 10.7. The maximum atomic E-state index is 14.0. The van der Waals surface area contributed by atoms with E-state index in [0.29, 0.717) is 16.1 Å². The number of hydrogen-bond acceptors (Lipinski definition) is 3. The van der Waals surface area contributed by atoms with Gasteiger partial charge in [0.25, 0.3) is 0 Å². The van der Waals surface area contributed by atoms with Crippen LogP contribution in [-0.2, 0) is 0 Å². The van der Waals surface area contributed by atoms with Crippen molar-refractivity contribution < 1.29 is 9.18 Å². The summed E-state index contributed by atoms with van der Waals surface area (Å²) in [5.74, 6) is -0.779. The molecule has 4 heteroatoms. The van der Waals surface area contributed by atoms with Crippen LogP contribution < -0.4 is 5.73 Å². The molecule has 1 aromatic carbocycles. The predicted molar refractivity (Wildman–Crippen MR) is 72.8 cm³/mol. The number of anilines is 1. The highest BCUT2D eigenvalue weighted by molar-refractivity contribution is 7.14. The van der Waals surface area contributed by atoms with Crippen LogP contribution in [0.15, 0.2) is 18.2 Å². The fourth-order valence-corrected chi connectivity index (χ4v) is 2.93. The van der Waals surface area contributed by atoms with Gasteiger partial charge in [0.15, 0.2) is 0 Å². The monoisotopic (exact) mass is 263 g/mol.